The number of carbonyl (C=O) groups excluding carboxylic acids is 2. The number of rotatable bonds is 9. The van der Waals surface area contributed by atoms with E-state index < -0.39 is 0 Å². The molecule has 0 saturated heterocycles. The Bertz CT molecular complexity index is 1110. The summed E-state index contributed by atoms with van der Waals surface area (Å²) in [6.45, 7) is 4.33. The molecule has 1 aliphatic rings. The first-order chi connectivity index (χ1) is 16.1. The van der Waals surface area contributed by atoms with E-state index in [0.29, 0.717) is 32.7 Å². The highest BCUT2D eigenvalue weighted by molar-refractivity contribution is 5.97. The van der Waals surface area contributed by atoms with Gasteiger partial charge in [0.2, 0.25) is 0 Å². The van der Waals surface area contributed by atoms with Crippen LogP contribution in [0.3, 0.4) is 0 Å². The predicted molar refractivity (Wildman–Crippen MR) is 128 cm³/mol. The summed E-state index contributed by atoms with van der Waals surface area (Å²) in [7, 11) is 0. The molecule has 0 aliphatic carbocycles. The molecule has 2 aromatic carbocycles. The Morgan fingerprint density at radius 1 is 1.12 bits per heavy atom. The fraction of sp³-hybridized carbons (Fsp3) is 0.296. The van der Waals surface area contributed by atoms with Crippen molar-refractivity contribution in [3.05, 3.63) is 94.8 Å². The van der Waals surface area contributed by atoms with Crippen molar-refractivity contribution in [3.63, 3.8) is 0 Å². The van der Waals surface area contributed by atoms with Crippen LogP contribution in [0, 0.1) is 6.92 Å². The van der Waals surface area contributed by atoms with E-state index in [1.54, 1.807) is 6.20 Å². The summed E-state index contributed by atoms with van der Waals surface area (Å²) >= 11 is 0. The molecular formula is C27H29N3O3. The van der Waals surface area contributed by atoms with Gasteiger partial charge < -0.3 is 15.0 Å². The first kappa shape index (κ1) is 22.5. The van der Waals surface area contributed by atoms with Crippen molar-refractivity contribution in [1.29, 1.82) is 0 Å². The zero-order valence-electron chi connectivity index (χ0n) is 18.9. The Labute approximate surface area is 194 Å². The zero-order chi connectivity index (χ0) is 23.0. The topological polar surface area (TPSA) is 71.5 Å². The van der Waals surface area contributed by atoms with Gasteiger partial charge in [0.15, 0.2) is 0 Å². The molecule has 4 rings (SSSR count). The van der Waals surface area contributed by atoms with Gasteiger partial charge in [-0.2, -0.15) is 0 Å². The van der Waals surface area contributed by atoms with Crippen LogP contribution in [0.2, 0.25) is 0 Å². The van der Waals surface area contributed by atoms with E-state index in [-0.39, 0.29) is 11.8 Å². The Hall–Kier alpha value is -3.67. The van der Waals surface area contributed by atoms with Gasteiger partial charge in [0.1, 0.15) is 5.75 Å². The monoisotopic (exact) mass is 443 g/mol. The van der Waals surface area contributed by atoms with Crippen LogP contribution in [-0.4, -0.2) is 47.9 Å². The Morgan fingerprint density at radius 2 is 2.00 bits per heavy atom. The smallest absolute Gasteiger partial charge is 0.254 e. The standard InChI is InChI=1S/C27H29N3O3/c1-20-6-2-3-8-24(20)27(32)30(16-12-21-7-4-13-28-19-21)15-5-17-33-23-9-10-25-22(18-23)11-14-29-26(25)31/h2-4,6-10,13,18-19H,5,11-12,14-17H2,1H3,(H,29,31). The van der Waals surface area contributed by atoms with Crippen molar-refractivity contribution in [2.75, 3.05) is 26.2 Å². The summed E-state index contributed by atoms with van der Waals surface area (Å²) in [6, 6.07) is 17.2. The highest BCUT2D eigenvalue weighted by Crippen LogP contribution is 2.21. The maximum atomic E-state index is 13.3. The second-order valence-corrected chi connectivity index (χ2v) is 8.25. The van der Waals surface area contributed by atoms with E-state index in [4.69, 9.17) is 4.74 Å². The average Bonchev–Trinajstić information content (AvgIpc) is 2.84. The van der Waals surface area contributed by atoms with Crippen LogP contribution >= 0.6 is 0 Å². The van der Waals surface area contributed by atoms with Crippen molar-refractivity contribution >= 4 is 11.8 Å². The number of ether oxygens (including phenoxy) is 1. The van der Waals surface area contributed by atoms with Gasteiger partial charge in [-0.3, -0.25) is 14.6 Å². The lowest BCUT2D eigenvalue weighted by Crippen LogP contribution is -2.35. The number of carbonyl (C=O) groups is 2. The van der Waals surface area contributed by atoms with Crippen molar-refractivity contribution in [3.8, 4) is 5.75 Å². The Morgan fingerprint density at radius 3 is 2.82 bits per heavy atom. The van der Waals surface area contributed by atoms with Gasteiger partial charge in [-0.25, -0.2) is 0 Å². The number of hydrogen-bond donors (Lipinski definition) is 1. The molecule has 0 unspecified atom stereocenters. The van der Waals surface area contributed by atoms with Crippen molar-refractivity contribution in [2.24, 2.45) is 0 Å². The minimum atomic E-state index is -0.0261. The third-order valence-electron chi connectivity index (χ3n) is 5.90. The Kier molecular flexibility index (Phi) is 7.35. The van der Waals surface area contributed by atoms with Gasteiger partial charge in [0.25, 0.3) is 11.8 Å². The minimum absolute atomic E-state index is 0.0261. The number of fused-ring (bicyclic) bond motifs is 1. The second kappa shape index (κ2) is 10.8. The van der Waals surface area contributed by atoms with Crippen LogP contribution in [0.15, 0.2) is 67.0 Å². The van der Waals surface area contributed by atoms with E-state index in [2.05, 4.69) is 10.3 Å². The molecule has 0 radical (unpaired) electrons. The second-order valence-electron chi connectivity index (χ2n) is 8.25. The molecule has 2 heterocycles. The first-order valence-corrected chi connectivity index (χ1v) is 11.4. The normalized spacial score (nSPS) is 12.6. The SMILES string of the molecule is Cc1ccccc1C(=O)N(CCCOc1ccc2c(c1)CCNC2=O)CCc1cccnc1. The predicted octanol–water partition coefficient (Wildman–Crippen LogP) is 3.83. The van der Waals surface area contributed by atoms with E-state index in [1.807, 2.05) is 72.6 Å². The van der Waals surface area contributed by atoms with Gasteiger partial charge in [0.05, 0.1) is 6.61 Å². The maximum Gasteiger partial charge on any atom is 0.254 e. The molecular weight excluding hydrogens is 414 g/mol. The molecule has 0 fully saturated rings. The van der Waals surface area contributed by atoms with Gasteiger partial charge in [-0.15, -0.1) is 0 Å². The quantitative estimate of drug-likeness (QED) is 0.510. The third kappa shape index (κ3) is 5.77. The third-order valence-corrected chi connectivity index (χ3v) is 5.90. The minimum Gasteiger partial charge on any atom is -0.494 e. The molecule has 0 bridgehead atoms. The maximum absolute atomic E-state index is 13.3. The molecule has 1 aliphatic heterocycles. The lowest BCUT2D eigenvalue weighted by atomic mass is 10.0. The van der Waals surface area contributed by atoms with E-state index in [1.165, 1.54) is 0 Å². The largest absolute Gasteiger partial charge is 0.494 e. The molecule has 1 N–H and O–H groups in total. The highest BCUT2D eigenvalue weighted by atomic mass is 16.5. The van der Waals surface area contributed by atoms with Crippen molar-refractivity contribution in [2.45, 2.75) is 26.2 Å². The number of amides is 2. The van der Waals surface area contributed by atoms with Crippen LogP contribution in [-0.2, 0) is 12.8 Å². The average molecular weight is 444 g/mol. The fourth-order valence-corrected chi connectivity index (χ4v) is 4.05. The highest BCUT2D eigenvalue weighted by Gasteiger charge is 2.18. The van der Waals surface area contributed by atoms with E-state index >= 15 is 0 Å². The molecule has 0 atom stereocenters. The van der Waals surface area contributed by atoms with Crippen LogP contribution < -0.4 is 10.1 Å². The molecule has 1 aromatic heterocycles. The molecule has 2 amide bonds. The van der Waals surface area contributed by atoms with Gasteiger partial charge >= 0.3 is 0 Å². The summed E-state index contributed by atoms with van der Waals surface area (Å²) in [4.78, 5) is 31.3. The van der Waals surface area contributed by atoms with Crippen LogP contribution in [0.25, 0.3) is 0 Å². The molecule has 3 aromatic rings. The van der Waals surface area contributed by atoms with Crippen molar-refractivity contribution < 1.29 is 14.3 Å². The van der Waals surface area contributed by atoms with E-state index in [9.17, 15) is 9.59 Å². The van der Waals surface area contributed by atoms with E-state index in [0.717, 1.165) is 46.4 Å². The molecule has 6 nitrogen and oxygen atoms in total. The van der Waals surface area contributed by atoms with Crippen LogP contribution in [0.4, 0.5) is 0 Å². The molecule has 33 heavy (non-hydrogen) atoms. The summed E-state index contributed by atoms with van der Waals surface area (Å²) < 4.78 is 5.95. The zero-order valence-corrected chi connectivity index (χ0v) is 18.9. The van der Waals surface area contributed by atoms with Gasteiger partial charge in [-0.1, -0.05) is 24.3 Å². The number of pyridine rings is 1. The number of nitrogens with one attached hydrogen (secondary N) is 1. The van der Waals surface area contributed by atoms with Crippen molar-refractivity contribution in [1.82, 2.24) is 15.2 Å². The summed E-state index contributed by atoms with van der Waals surface area (Å²) in [5.74, 6) is 0.772. The number of hydrogen-bond acceptors (Lipinski definition) is 4. The molecule has 0 saturated carbocycles. The molecule has 0 spiro atoms. The summed E-state index contributed by atoms with van der Waals surface area (Å²) in [6.07, 6.45) is 5.87. The van der Waals surface area contributed by atoms with Crippen LogP contribution in [0.5, 0.6) is 5.75 Å². The van der Waals surface area contributed by atoms with Crippen LogP contribution in [0.1, 0.15) is 43.8 Å². The molecule has 6 heteroatoms. The lowest BCUT2D eigenvalue weighted by molar-refractivity contribution is 0.0747. The number of benzene rings is 2. The van der Waals surface area contributed by atoms with Gasteiger partial charge in [-0.05, 0) is 73.2 Å². The number of nitrogens with zero attached hydrogens (tertiary/aromatic N) is 2. The number of aryl methyl sites for hydroxylation is 1. The fourth-order valence-electron chi connectivity index (χ4n) is 4.05. The first-order valence-electron chi connectivity index (χ1n) is 11.4. The van der Waals surface area contributed by atoms with Gasteiger partial charge in [0, 0.05) is 43.2 Å². The lowest BCUT2D eigenvalue weighted by Gasteiger charge is -2.24. The number of aromatic nitrogens is 1. The Balaban J connectivity index is 1.37. The molecule has 170 valence electrons. The summed E-state index contributed by atoms with van der Waals surface area (Å²) in [5, 5.41) is 2.85. The summed E-state index contributed by atoms with van der Waals surface area (Å²) in [5.41, 5.74) is 4.55.